The van der Waals surface area contributed by atoms with Gasteiger partial charge in [-0.25, -0.2) is 4.98 Å². The molecule has 0 saturated carbocycles. The molecule has 0 aliphatic carbocycles. The summed E-state index contributed by atoms with van der Waals surface area (Å²) in [6.45, 7) is 6.72. The number of nitrogens with zero attached hydrogens (tertiary/aromatic N) is 6. The van der Waals surface area contributed by atoms with Crippen molar-refractivity contribution in [2.45, 2.75) is 13.8 Å². The van der Waals surface area contributed by atoms with Gasteiger partial charge in [0.05, 0.1) is 13.2 Å². The van der Waals surface area contributed by atoms with Crippen LogP contribution in [0.5, 0.6) is 0 Å². The molecule has 0 bridgehead atoms. The number of aromatic amines is 1. The van der Waals surface area contributed by atoms with Crippen LogP contribution in [0, 0.1) is 11.3 Å². The second-order valence-corrected chi connectivity index (χ2v) is 5.10. The van der Waals surface area contributed by atoms with Gasteiger partial charge >= 0.3 is 0 Å². The lowest BCUT2D eigenvalue weighted by Crippen LogP contribution is -2.37. The third-order valence-electron chi connectivity index (χ3n) is 3.70. The Morgan fingerprint density at radius 3 is 2.52 bits per heavy atom. The molecule has 8 heteroatoms. The number of H-pyrrole nitrogens is 1. The van der Waals surface area contributed by atoms with Crippen LogP contribution in [0.1, 0.15) is 19.7 Å². The molecule has 4 rings (SSSR count). The summed E-state index contributed by atoms with van der Waals surface area (Å²) in [5.41, 5.74) is 2.13. The van der Waals surface area contributed by atoms with E-state index in [4.69, 9.17) is 4.74 Å². The van der Waals surface area contributed by atoms with Crippen LogP contribution in [0.15, 0.2) is 24.5 Å². The third-order valence-corrected chi connectivity index (χ3v) is 3.70. The molecule has 1 saturated heterocycles. The number of hydrogen-bond donors (Lipinski definition) is 1. The van der Waals surface area contributed by atoms with Crippen molar-refractivity contribution in [1.82, 2.24) is 24.9 Å². The lowest BCUT2D eigenvalue weighted by Gasteiger charge is -2.27. The first-order chi connectivity index (χ1) is 12.3. The molecule has 0 radical (unpaired) electrons. The summed E-state index contributed by atoms with van der Waals surface area (Å²) in [7, 11) is 0. The van der Waals surface area contributed by atoms with Crippen molar-refractivity contribution in [2.24, 2.45) is 0 Å². The van der Waals surface area contributed by atoms with Gasteiger partial charge in [0.25, 0.3) is 0 Å². The minimum absolute atomic E-state index is 0.117. The van der Waals surface area contributed by atoms with Crippen molar-refractivity contribution in [3.8, 4) is 17.5 Å². The number of nitrogens with one attached hydrogen (secondary N) is 1. The van der Waals surface area contributed by atoms with E-state index in [1.54, 1.807) is 12.4 Å². The van der Waals surface area contributed by atoms with Crippen LogP contribution in [0.2, 0.25) is 0 Å². The van der Waals surface area contributed by atoms with Crippen LogP contribution in [0.25, 0.3) is 22.6 Å². The van der Waals surface area contributed by atoms with Crippen molar-refractivity contribution < 1.29 is 4.74 Å². The van der Waals surface area contributed by atoms with Crippen LogP contribution < -0.4 is 4.90 Å². The second-order valence-electron chi connectivity index (χ2n) is 5.10. The SMILES string of the molecule is CC.N#Cc1nc(N2CCOCC2)c2[nH]c(-c3ccncc3)nc2n1. The number of nitriles is 1. The zero-order chi connectivity index (χ0) is 17.6. The minimum atomic E-state index is 0.117. The largest absolute Gasteiger partial charge is 0.378 e. The normalized spacial score (nSPS) is 13.9. The van der Waals surface area contributed by atoms with Gasteiger partial charge in [-0.05, 0) is 12.1 Å². The van der Waals surface area contributed by atoms with E-state index in [-0.39, 0.29) is 5.82 Å². The Kier molecular flexibility index (Phi) is 5.16. The quantitative estimate of drug-likeness (QED) is 0.764. The van der Waals surface area contributed by atoms with Gasteiger partial charge in [0.1, 0.15) is 17.4 Å². The maximum atomic E-state index is 9.18. The first-order valence-corrected chi connectivity index (χ1v) is 8.26. The maximum absolute atomic E-state index is 9.18. The van der Waals surface area contributed by atoms with Gasteiger partial charge in [0.2, 0.25) is 5.82 Å². The predicted octanol–water partition coefficient (Wildman–Crippen LogP) is 2.15. The topological polar surface area (TPSA) is 104 Å². The van der Waals surface area contributed by atoms with E-state index in [2.05, 4.69) is 29.8 Å². The van der Waals surface area contributed by atoms with Crippen LogP contribution in [0.3, 0.4) is 0 Å². The van der Waals surface area contributed by atoms with E-state index in [0.29, 0.717) is 30.5 Å². The van der Waals surface area contributed by atoms with Gasteiger partial charge in [-0.3, -0.25) is 4.98 Å². The smallest absolute Gasteiger partial charge is 0.236 e. The summed E-state index contributed by atoms with van der Waals surface area (Å²) >= 11 is 0. The molecule has 1 N–H and O–H groups in total. The number of anilines is 1. The molecule has 0 atom stereocenters. The molecule has 128 valence electrons. The first kappa shape index (κ1) is 16.8. The Hall–Kier alpha value is -3.05. The van der Waals surface area contributed by atoms with Crippen molar-refractivity contribution >= 4 is 17.0 Å². The minimum Gasteiger partial charge on any atom is -0.378 e. The molecule has 3 aromatic rings. The van der Waals surface area contributed by atoms with Gasteiger partial charge in [-0.15, -0.1) is 0 Å². The van der Waals surface area contributed by atoms with Crippen LogP contribution in [0.4, 0.5) is 5.82 Å². The Morgan fingerprint density at radius 2 is 1.84 bits per heavy atom. The average Bonchev–Trinajstić information content (AvgIpc) is 3.14. The Labute approximate surface area is 145 Å². The third kappa shape index (κ3) is 3.41. The van der Waals surface area contributed by atoms with E-state index in [1.807, 2.05) is 32.0 Å². The number of ether oxygens (including phenoxy) is 1. The Morgan fingerprint density at radius 1 is 1.12 bits per heavy atom. The van der Waals surface area contributed by atoms with Crippen molar-refractivity contribution in [3.05, 3.63) is 30.4 Å². The van der Waals surface area contributed by atoms with Crippen LogP contribution >= 0.6 is 0 Å². The molecule has 0 amide bonds. The summed E-state index contributed by atoms with van der Waals surface area (Å²) < 4.78 is 5.38. The van der Waals surface area contributed by atoms with Gasteiger partial charge in [-0.1, -0.05) is 13.8 Å². The Bertz CT molecular complexity index is 879. The highest BCUT2D eigenvalue weighted by Crippen LogP contribution is 2.26. The van der Waals surface area contributed by atoms with E-state index in [1.165, 1.54) is 0 Å². The lowest BCUT2D eigenvalue weighted by molar-refractivity contribution is 0.122. The van der Waals surface area contributed by atoms with E-state index in [0.717, 1.165) is 24.2 Å². The number of morpholine rings is 1. The highest BCUT2D eigenvalue weighted by Gasteiger charge is 2.20. The fraction of sp³-hybridized carbons (Fsp3) is 0.353. The number of fused-ring (bicyclic) bond motifs is 1. The summed E-state index contributed by atoms with van der Waals surface area (Å²) in [5, 5.41) is 9.18. The predicted molar refractivity (Wildman–Crippen MR) is 94.0 cm³/mol. The fourth-order valence-corrected chi connectivity index (χ4v) is 2.58. The molecular formula is C17H19N7O. The van der Waals surface area contributed by atoms with Gasteiger partial charge in [0, 0.05) is 31.0 Å². The standard InChI is InChI=1S/C15H13N7O.C2H6/c16-9-11-18-14-12(15(19-11)22-5-7-23-8-6-22)20-13(21-14)10-1-3-17-4-2-10;1-2/h1-4H,5-8H2,(H,18,19,20,21);1-2H3. The van der Waals surface area contributed by atoms with Crippen LogP contribution in [-0.2, 0) is 4.74 Å². The fourth-order valence-electron chi connectivity index (χ4n) is 2.58. The average molecular weight is 337 g/mol. The van der Waals surface area contributed by atoms with Crippen molar-refractivity contribution in [3.63, 3.8) is 0 Å². The molecule has 3 aromatic heterocycles. The molecular weight excluding hydrogens is 318 g/mol. The molecule has 1 fully saturated rings. The summed E-state index contributed by atoms with van der Waals surface area (Å²) in [5.74, 6) is 1.50. The van der Waals surface area contributed by atoms with Crippen molar-refractivity contribution in [2.75, 3.05) is 31.2 Å². The van der Waals surface area contributed by atoms with Crippen molar-refractivity contribution in [1.29, 1.82) is 5.26 Å². The number of aromatic nitrogens is 5. The van der Waals surface area contributed by atoms with Gasteiger partial charge in [-0.2, -0.15) is 15.2 Å². The zero-order valence-corrected chi connectivity index (χ0v) is 14.2. The molecule has 0 aromatic carbocycles. The first-order valence-electron chi connectivity index (χ1n) is 8.26. The molecule has 25 heavy (non-hydrogen) atoms. The van der Waals surface area contributed by atoms with E-state index < -0.39 is 0 Å². The lowest BCUT2D eigenvalue weighted by atomic mass is 10.2. The van der Waals surface area contributed by atoms with Crippen LogP contribution in [-0.4, -0.2) is 51.2 Å². The van der Waals surface area contributed by atoms with Gasteiger partial charge < -0.3 is 14.6 Å². The molecule has 8 nitrogen and oxygen atoms in total. The number of imidazole rings is 1. The molecule has 4 heterocycles. The number of rotatable bonds is 2. The van der Waals surface area contributed by atoms with E-state index in [9.17, 15) is 5.26 Å². The highest BCUT2D eigenvalue weighted by molar-refractivity contribution is 5.86. The Balaban J connectivity index is 0.000000880. The summed E-state index contributed by atoms with van der Waals surface area (Å²) in [6.07, 6.45) is 3.41. The summed E-state index contributed by atoms with van der Waals surface area (Å²) in [4.78, 5) is 22.4. The van der Waals surface area contributed by atoms with Gasteiger partial charge in [0.15, 0.2) is 11.5 Å². The monoisotopic (exact) mass is 337 g/mol. The second kappa shape index (κ2) is 7.68. The number of hydrogen-bond acceptors (Lipinski definition) is 7. The molecule has 1 aliphatic rings. The summed E-state index contributed by atoms with van der Waals surface area (Å²) in [6, 6.07) is 5.74. The maximum Gasteiger partial charge on any atom is 0.236 e. The highest BCUT2D eigenvalue weighted by atomic mass is 16.5. The zero-order valence-electron chi connectivity index (χ0n) is 14.2. The molecule has 0 spiro atoms. The molecule has 0 unspecified atom stereocenters. The van der Waals surface area contributed by atoms with E-state index >= 15 is 0 Å². The number of pyridine rings is 1. The molecule has 1 aliphatic heterocycles.